The van der Waals surface area contributed by atoms with Gasteiger partial charge in [0.15, 0.2) is 0 Å². The van der Waals surface area contributed by atoms with Gasteiger partial charge in [0.1, 0.15) is 11.4 Å². The molecule has 1 aliphatic rings. The van der Waals surface area contributed by atoms with Crippen molar-refractivity contribution in [1.82, 2.24) is 24.9 Å². The van der Waals surface area contributed by atoms with E-state index < -0.39 is 5.60 Å². The largest absolute Gasteiger partial charge is 0.386 e. The molecule has 1 aromatic carbocycles. The maximum atomic E-state index is 13.3. The van der Waals surface area contributed by atoms with Crippen LogP contribution in [0.5, 0.6) is 0 Å². The second-order valence-electron chi connectivity index (χ2n) is 6.57. The Bertz CT molecular complexity index is 907. The normalized spacial score (nSPS) is 20.5. The van der Waals surface area contributed by atoms with Crippen LogP contribution in [0.3, 0.4) is 0 Å². The number of benzene rings is 1. The number of aromatic nitrogens is 4. The lowest BCUT2D eigenvalue weighted by molar-refractivity contribution is -0.130. The van der Waals surface area contributed by atoms with Crippen LogP contribution >= 0.6 is 0 Å². The third kappa shape index (κ3) is 3.12. The van der Waals surface area contributed by atoms with Crippen LogP contribution in [0, 0.1) is 5.82 Å². The average molecular weight is 343 g/mol. The quantitative estimate of drug-likeness (QED) is 0.743. The van der Waals surface area contributed by atoms with Crippen molar-refractivity contribution >= 4 is 16.8 Å². The molecule has 1 aliphatic heterocycles. The highest BCUT2D eigenvalue weighted by atomic mass is 19.1. The van der Waals surface area contributed by atoms with E-state index in [1.807, 2.05) is 0 Å². The van der Waals surface area contributed by atoms with Gasteiger partial charge in [-0.3, -0.25) is 4.79 Å². The molecule has 25 heavy (non-hydrogen) atoms. The number of H-pyrrole nitrogens is 1. The van der Waals surface area contributed by atoms with E-state index >= 15 is 0 Å². The Morgan fingerprint density at radius 3 is 3.12 bits per heavy atom. The van der Waals surface area contributed by atoms with Crippen LogP contribution in [0.2, 0.25) is 0 Å². The maximum Gasteiger partial charge on any atom is 0.227 e. The van der Waals surface area contributed by atoms with Crippen molar-refractivity contribution < 1.29 is 14.3 Å². The summed E-state index contributed by atoms with van der Waals surface area (Å²) in [5, 5.41) is 19.1. The van der Waals surface area contributed by atoms with Crippen LogP contribution in [-0.4, -0.2) is 54.6 Å². The number of halogens is 1. The van der Waals surface area contributed by atoms with Crippen molar-refractivity contribution in [2.24, 2.45) is 0 Å². The van der Waals surface area contributed by atoms with Crippen LogP contribution in [0.1, 0.15) is 12.0 Å². The topological polar surface area (TPSA) is 87.0 Å². The molecular weight excluding hydrogens is 325 g/mol. The highest BCUT2D eigenvalue weighted by Gasteiger charge is 2.38. The molecule has 0 spiro atoms. The molecule has 1 unspecified atom stereocenters. The zero-order valence-corrected chi connectivity index (χ0v) is 13.5. The van der Waals surface area contributed by atoms with Crippen molar-refractivity contribution in [2.45, 2.75) is 25.0 Å². The van der Waals surface area contributed by atoms with E-state index in [2.05, 4.69) is 15.3 Å². The number of nitrogens with zero attached hydrogens (tertiary/aromatic N) is 4. The van der Waals surface area contributed by atoms with E-state index in [4.69, 9.17) is 0 Å². The summed E-state index contributed by atoms with van der Waals surface area (Å²) in [4.78, 5) is 17.3. The molecule has 1 saturated heterocycles. The van der Waals surface area contributed by atoms with Gasteiger partial charge in [-0.15, -0.1) is 5.10 Å². The molecule has 4 rings (SSSR count). The van der Waals surface area contributed by atoms with Crippen molar-refractivity contribution in [3.63, 3.8) is 0 Å². The van der Waals surface area contributed by atoms with Gasteiger partial charge in [-0.05, 0) is 30.2 Å². The predicted molar refractivity (Wildman–Crippen MR) is 88.1 cm³/mol. The molecule has 0 saturated carbocycles. The minimum Gasteiger partial charge on any atom is -0.386 e. The first kappa shape index (κ1) is 15.8. The Morgan fingerprint density at radius 1 is 1.44 bits per heavy atom. The van der Waals surface area contributed by atoms with Crippen LogP contribution in [0.25, 0.3) is 10.9 Å². The fraction of sp³-hybridized carbons (Fsp3) is 0.353. The average Bonchev–Trinajstić information content (AvgIpc) is 3.29. The fourth-order valence-corrected chi connectivity index (χ4v) is 3.40. The summed E-state index contributed by atoms with van der Waals surface area (Å²) < 4.78 is 14.8. The molecule has 130 valence electrons. The number of aromatic amines is 1. The number of carbonyl (C=O) groups is 1. The third-order valence-corrected chi connectivity index (χ3v) is 4.68. The Morgan fingerprint density at radius 2 is 2.32 bits per heavy atom. The Kier molecular flexibility index (Phi) is 3.76. The molecule has 0 bridgehead atoms. The summed E-state index contributed by atoms with van der Waals surface area (Å²) in [7, 11) is 0. The molecule has 7 nitrogen and oxygen atoms in total. The first-order valence-electron chi connectivity index (χ1n) is 8.12. The van der Waals surface area contributed by atoms with Crippen LogP contribution in [-0.2, 0) is 17.8 Å². The summed E-state index contributed by atoms with van der Waals surface area (Å²) in [6.45, 7) is 1.08. The summed E-state index contributed by atoms with van der Waals surface area (Å²) in [6.07, 6.45) is 5.69. The molecule has 3 heterocycles. The number of hydrogen-bond acceptors (Lipinski definition) is 4. The molecule has 0 aliphatic carbocycles. The molecule has 2 aromatic heterocycles. The zero-order chi connectivity index (χ0) is 17.4. The van der Waals surface area contributed by atoms with Gasteiger partial charge < -0.3 is 15.0 Å². The monoisotopic (exact) mass is 343 g/mol. The van der Waals surface area contributed by atoms with Crippen molar-refractivity contribution in [1.29, 1.82) is 0 Å². The molecular formula is C17H18FN5O2. The minimum absolute atomic E-state index is 0.0558. The lowest BCUT2D eigenvalue weighted by Gasteiger charge is -2.23. The van der Waals surface area contributed by atoms with Crippen LogP contribution in [0.15, 0.2) is 36.8 Å². The Hall–Kier alpha value is -2.74. The molecule has 1 amide bonds. The van der Waals surface area contributed by atoms with Crippen molar-refractivity contribution in [3.8, 4) is 0 Å². The summed E-state index contributed by atoms with van der Waals surface area (Å²) in [6, 6.07) is 4.47. The number of β-amino-alcohol motifs (C(OH)–C–C–N with tert-alkyl or cyclic N) is 1. The number of rotatable bonds is 4. The number of aliphatic hydroxyl groups is 1. The van der Waals surface area contributed by atoms with Crippen molar-refractivity contribution in [3.05, 3.63) is 48.2 Å². The van der Waals surface area contributed by atoms with Gasteiger partial charge in [0.05, 0.1) is 25.7 Å². The van der Waals surface area contributed by atoms with Gasteiger partial charge in [0.25, 0.3) is 0 Å². The smallest absolute Gasteiger partial charge is 0.227 e. The van der Waals surface area contributed by atoms with Gasteiger partial charge in [-0.2, -0.15) is 0 Å². The minimum atomic E-state index is -0.993. The fourth-order valence-electron chi connectivity index (χ4n) is 3.40. The molecule has 0 radical (unpaired) electrons. The molecule has 8 heteroatoms. The van der Waals surface area contributed by atoms with E-state index in [9.17, 15) is 14.3 Å². The van der Waals surface area contributed by atoms with E-state index in [0.717, 1.165) is 10.9 Å². The Balaban J connectivity index is 1.44. The highest BCUT2D eigenvalue weighted by Crippen LogP contribution is 2.25. The second-order valence-corrected chi connectivity index (χ2v) is 6.57. The van der Waals surface area contributed by atoms with Gasteiger partial charge in [-0.25, -0.2) is 9.07 Å². The van der Waals surface area contributed by atoms with Crippen LogP contribution in [0.4, 0.5) is 4.39 Å². The molecule has 1 atom stereocenters. The maximum absolute atomic E-state index is 13.3. The van der Waals surface area contributed by atoms with E-state index in [1.165, 1.54) is 12.1 Å². The third-order valence-electron chi connectivity index (χ3n) is 4.68. The molecule has 1 fully saturated rings. The number of carbonyl (C=O) groups excluding carboxylic acids is 1. The predicted octanol–water partition coefficient (Wildman–Crippen LogP) is 1.10. The number of nitrogens with one attached hydrogen (secondary N) is 1. The first-order valence-corrected chi connectivity index (χ1v) is 8.12. The number of hydrogen-bond donors (Lipinski definition) is 2. The van der Waals surface area contributed by atoms with E-state index in [1.54, 1.807) is 34.2 Å². The van der Waals surface area contributed by atoms with Gasteiger partial charge in [0.2, 0.25) is 5.91 Å². The van der Waals surface area contributed by atoms with Gasteiger partial charge in [-0.1, -0.05) is 5.21 Å². The molecule has 3 aromatic rings. The van der Waals surface area contributed by atoms with E-state index in [-0.39, 0.29) is 24.7 Å². The van der Waals surface area contributed by atoms with Gasteiger partial charge >= 0.3 is 0 Å². The summed E-state index contributed by atoms with van der Waals surface area (Å²) >= 11 is 0. The van der Waals surface area contributed by atoms with Gasteiger partial charge in [0, 0.05) is 29.8 Å². The summed E-state index contributed by atoms with van der Waals surface area (Å²) in [5.74, 6) is -0.371. The second kappa shape index (κ2) is 5.96. The molecule has 2 N–H and O–H groups in total. The first-order chi connectivity index (χ1) is 12.0. The summed E-state index contributed by atoms with van der Waals surface area (Å²) in [5.41, 5.74) is 0.505. The standard InChI is InChI=1S/C17H18FN5O2/c18-13-1-2-14-12(9-19-15(14)8-13)7-16(24)22-5-3-17(25,10-22)11-23-6-4-20-21-23/h1-2,4,6,8-9,19,25H,3,5,7,10-11H2. The lowest BCUT2D eigenvalue weighted by atomic mass is 10.0. The SMILES string of the molecule is O=C(Cc1c[nH]c2cc(F)ccc12)N1CCC(O)(Cn2ccnn2)C1. The van der Waals surface area contributed by atoms with E-state index in [0.29, 0.717) is 25.0 Å². The Labute approximate surface area is 143 Å². The number of amides is 1. The number of fused-ring (bicyclic) bond motifs is 1. The van der Waals surface area contributed by atoms with Crippen molar-refractivity contribution in [2.75, 3.05) is 13.1 Å². The lowest BCUT2D eigenvalue weighted by Crippen LogP contribution is -2.40. The number of likely N-dealkylation sites (tertiary alicyclic amines) is 1. The van der Waals surface area contributed by atoms with Crippen LogP contribution < -0.4 is 0 Å². The zero-order valence-electron chi connectivity index (χ0n) is 13.5. The highest BCUT2D eigenvalue weighted by molar-refractivity contribution is 5.89.